The summed E-state index contributed by atoms with van der Waals surface area (Å²) in [7, 11) is 2.19. The second-order valence-electron chi connectivity index (χ2n) is 5.21. The van der Waals surface area contributed by atoms with E-state index >= 15 is 0 Å². The Labute approximate surface area is 98.4 Å². The van der Waals surface area contributed by atoms with Gasteiger partial charge in [-0.1, -0.05) is 12.2 Å². The van der Waals surface area contributed by atoms with Gasteiger partial charge in [-0.05, 0) is 26.8 Å². The summed E-state index contributed by atoms with van der Waals surface area (Å²) < 4.78 is 11.5. The maximum atomic E-state index is 5.73. The van der Waals surface area contributed by atoms with Gasteiger partial charge in [0.05, 0.1) is 13.2 Å². The molecule has 1 aliphatic heterocycles. The van der Waals surface area contributed by atoms with Crippen molar-refractivity contribution in [2.45, 2.75) is 44.4 Å². The minimum atomic E-state index is -0.222. The van der Waals surface area contributed by atoms with Crippen LogP contribution in [-0.2, 0) is 9.47 Å². The van der Waals surface area contributed by atoms with Gasteiger partial charge in [-0.2, -0.15) is 0 Å². The average Bonchev–Trinajstić information content (AvgIpc) is 2.66. The van der Waals surface area contributed by atoms with Crippen molar-refractivity contribution in [1.29, 1.82) is 0 Å². The van der Waals surface area contributed by atoms with Crippen molar-refractivity contribution < 1.29 is 9.47 Å². The standard InChI is InChI=1S/C13H23NO2/c1-11(2)10-14(3)12-4-6-13(7-5-12)15-8-9-16-13/h12H,1,4-10H2,2-3H3. The molecule has 0 aromatic heterocycles. The summed E-state index contributed by atoms with van der Waals surface area (Å²) >= 11 is 0. The molecule has 0 radical (unpaired) electrons. The van der Waals surface area contributed by atoms with Crippen LogP contribution in [0.2, 0.25) is 0 Å². The van der Waals surface area contributed by atoms with E-state index < -0.39 is 0 Å². The van der Waals surface area contributed by atoms with Gasteiger partial charge in [-0.25, -0.2) is 0 Å². The molecule has 2 rings (SSSR count). The van der Waals surface area contributed by atoms with Crippen molar-refractivity contribution in [3.05, 3.63) is 12.2 Å². The van der Waals surface area contributed by atoms with Crippen molar-refractivity contribution in [2.24, 2.45) is 0 Å². The fourth-order valence-corrected chi connectivity index (χ4v) is 2.82. The minimum Gasteiger partial charge on any atom is -0.348 e. The van der Waals surface area contributed by atoms with Crippen LogP contribution in [0.3, 0.4) is 0 Å². The maximum absolute atomic E-state index is 5.73. The second kappa shape index (κ2) is 4.86. The summed E-state index contributed by atoms with van der Waals surface area (Å²) in [5.74, 6) is -0.222. The lowest BCUT2D eigenvalue weighted by Gasteiger charge is -2.39. The average molecular weight is 225 g/mol. The van der Waals surface area contributed by atoms with E-state index in [0.717, 1.165) is 32.6 Å². The minimum absolute atomic E-state index is 0.222. The molecule has 92 valence electrons. The Morgan fingerprint density at radius 3 is 2.38 bits per heavy atom. The molecule has 1 aliphatic carbocycles. The summed E-state index contributed by atoms with van der Waals surface area (Å²) in [6.07, 6.45) is 4.42. The summed E-state index contributed by atoms with van der Waals surface area (Å²) in [4.78, 5) is 2.41. The van der Waals surface area contributed by atoms with E-state index in [1.807, 2.05) is 0 Å². The summed E-state index contributed by atoms with van der Waals surface area (Å²) in [6.45, 7) is 8.60. The zero-order valence-corrected chi connectivity index (χ0v) is 10.5. The van der Waals surface area contributed by atoms with E-state index in [4.69, 9.17) is 9.47 Å². The maximum Gasteiger partial charge on any atom is 0.168 e. The first-order valence-corrected chi connectivity index (χ1v) is 6.24. The zero-order chi connectivity index (χ0) is 11.6. The van der Waals surface area contributed by atoms with Crippen LogP contribution in [0.15, 0.2) is 12.2 Å². The summed E-state index contributed by atoms with van der Waals surface area (Å²) in [6, 6.07) is 0.662. The normalized spacial score (nSPS) is 25.4. The molecule has 2 fully saturated rings. The van der Waals surface area contributed by atoms with E-state index in [-0.39, 0.29) is 5.79 Å². The lowest BCUT2D eigenvalue weighted by Crippen LogP contribution is -2.43. The predicted molar refractivity (Wildman–Crippen MR) is 64.3 cm³/mol. The number of ether oxygens (including phenoxy) is 2. The van der Waals surface area contributed by atoms with Crippen LogP contribution in [0.5, 0.6) is 0 Å². The van der Waals surface area contributed by atoms with Crippen molar-refractivity contribution in [1.82, 2.24) is 4.90 Å². The van der Waals surface area contributed by atoms with Crippen LogP contribution in [0.4, 0.5) is 0 Å². The van der Waals surface area contributed by atoms with Gasteiger partial charge in [0.25, 0.3) is 0 Å². The molecular formula is C13H23NO2. The quantitative estimate of drug-likeness (QED) is 0.687. The van der Waals surface area contributed by atoms with E-state index in [2.05, 4.69) is 25.5 Å². The first-order chi connectivity index (χ1) is 7.61. The van der Waals surface area contributed by atoms with Crippen LogP contribution >= 0.6 is 0 Å². The smallest absolute Gasteiger partial charge is 0.168 e. The lowest BCUT2D eigenvalue weighted by atomic mass is 9.89. The van der Waals surface area contributed by atoms with Crippen LogP contribution in [0, 0.1) is 0 Å². The first kappa shape index (κ1) is 12.1. The van der Waals surface area contributed by atoms with Gasteiger partial charge >= 0.3 is 0 Å². The van der Waals surface area contributed by atoms with Crippen molar-refractivity contribution >= 4 is 0 Å². The van der Waals surface area contributed by atoms with Gasteiger partial charge in [0, 0.05) is 25.4 Å². The molecule has 2 aliphatic rings. The Morgan fingerprint density at radius 2 is 1.88 bits per heavy atom. The Bertz CT molecular complexity index is 249. The van der Waals surface area contributed by atoms with E-state index in [9.17, 15) is 0 Å². The van der Waals surface area contributed by atoms with Gasteiger partial charge < -0.3 is 9.47 Å². The molecular weight excluding hydrogens is 202 g/mol. The van der Waals surface area contributed by atoms with Crippen LogP contribution in [0.25, 0.3) is 0 Å². The number of hydrogen-bond acceptors (Lipinski definition) is 3. The van der Waals surface area contributed by atoms with Gasteiger partial charge in [-0.15, -0.1) is 0 Å². The highest BCUT2D eigenvalue weighted by atomic mass is 16.7. The molecule has 1 heterocycles. The predicted octanol–water partition coefficient (Wildman–Crippen LogP) is 2.18. The molecule has 3 nitrogen and oxygen atoms in total. The molecule has 1 saturated heterocycles. The largest absolute Gasteiger partial charge is 0.348 e. The van der Waals surface area contributed by atoms with Gasteiger partial charge in [0.15, 0.2) is 5.79 Å². The molecule has 0 N–H and O–H groups in total. The molecule has 0 aromatic carbocycles. The zero-order valence-electron chi connectivity index (χ0n) is 10.5. The Morgan fingerprint density at radius 1 is 1.31 bits per heavy atom. The van der Waals surface area contributed by atoms with E-state index in [1.165, 1.54) is 18.4 Å². The van der Waals surface area contributed by atoms with E-state index in [1.54, 1.807) is 0 Å². The SMILES string of the molecule is C=C(C)CN(C)C1CCC2(CC1)OCCO2. The van der Waals surface area contributed by atoms with Crippen molar-refractivity contribution in [2.75, 3.05) is 26.8 Å². The van der Waals surface area contributed by atoms with Crippen LogP contribution in [0.1, 0.15) is 32.6 Å². The lowest BCUT2D eigenvalue weighted by molar-refractivity contribution is -0.183. The third kappa shape index (κ3) is 2.65. The van der Waals surface area contributed by atoms with E-state index in [0.29, 0.717) is 6.04 Å². The molecule has 0 bridgehead atoms. The van der Waals surface area contributed by atoms with Gasteiger partial charge in [-0.3, -0.25) is 4.90 Å². The molecule has 0 aromatic rings. The van der Waals surface area contributed by atoms with Crippen LogP contribution < -0.4 is 0 Å². The Balaban J connectivity index is 1.82. The molecule has 1 spiro atoms. The Hall–Kier alpha value is -0.380. The fourth-order valence-electron chi connectivity index (χ4n) is 2.82. The highest BCUT2D eigenvalue weighted by Gasteiger charge is 2.40. The highest BCUT2D eigenvalue weighted by molar-refractivity contribution is 4.94. The fraction of sp³-hybridized carbons (Fsp3) is 0.846. The van der Waals surface area contributed by atoms with Crippen LogP contribution in [-0.4, -0.2) is 43.5 Å². The van der Waals surface area contributed by atoms with Gasteiger partial charge in [0.2, 0.25) is 0 Å². The topological polar surface area (TPSA) is 21.7 Å². The van der Waals surface area contributed by atoms with Crippen molar-refractivity contribution in [3.63, 3.8) is 0 Å². The monoisotopic (exact) mass is 225 g/mol. The molecule has 0 atom stereocenters. The number of nitrogens with zero attached hydrogens (tertiary/aromatic N) is 1. The van der Waals surface area contributed by atoms with Crippen molar-refractivity contribution in [3.8, 4) is 0 Å². The molecule has 3 heteroatoms. The Kier molecular flexibility index (Phi) is 3.67. The van der Waals surface area contributed by atoms with Gasteiger partial charge in [0.1, 0.15) is 0 Å². The number of rotatable bonds is 3. The summed E-state index contributed by atoms with van der Waals surface area (Å²) in [5.41, 5.74) is 1.23. The third-order valence-electron chi connectivity index (χ3n) is 3.67. The molecule has 0 amide bonds. The molecule has 1 saturated carbocycles. The third-order valence-corrected chi connectivity index (χ3v) is 3.67. The number of hydrogen-bond donors (Lipinski definition) is 0. The first-order valence-electron chi connectivity index (χ1n) is 6.24. The summed E-state index contributed by atoms with van der Waals surface area (Å²) in [5, 5.41) is 0. The highest BCUT2D eigenvalue weighted by Crippen LogP contribution is 2.37. The molecule has 0 unspecified atom stereocenters. The number of likely N-dealkylation sites (N-methyl/N-ethyl adjacent to an activating group) is 1. The second-order valence-corrected chi connectivity index (χ2v) is 5.21. The molecule has 16 heavy (non-hydrogen) atoms.